The van der Waals surface area contributed by atoms with E-state index in [0.717, 1.165) is 42.8 Å². The molecule has 1 fully saturated rings. The molecule has 1 aliphatic heterocycles. The Labute approximate surface area is 125 Å². The average molecular weight is 283 g/mol. The highest BCUT2D eigenvalue weighted by molar-refractivity contribution is 5.81. The first-order chi connectivity index (χ1) is 10.3. The molecule has 21 heavy (non-hydrogen) atoms. The van der Waals surface area contributed by atoms with E-state index >= 15 is 0 Å². The molecule has 110 valence electrons. The summed E-state index contributed by atoms with van der Waals surface area (Å²) < 4.78 is 5.49. The summed E-state index contributed by atoms with van der Waals surface area (Å²) in [6, 6.07) is 10.4. The molecule has 0 radical (unpaired) electrons. The molecule has 1 aliphatic rings. The maximum absolute atomic E-state index is 6.13. The van der Waals surface area contributed by atoms with E-state index in [9.17, 15) is 0 Å². The lowest BCUT2D eigenvalue weighted by atomic mass is 10.0. The lowest BCUT2D eigenvalue weighted by molar-refractivity contribution is 0.416. The number of aromatic nitrogens is 1. The van der Waals surface area contributed by atoms with Crippen LogP contribution in [0, 0.1) is 0 Å². The zero-order valence-corrected chi connectivity index (χ0v) is 12.3. The van der Waals surface area contributed by atoms with Crippen molar-refractivity contribution in [2.24, 2.45) is 5.73 Å². The Bertz CT molecular complexity index is 614. The molecule has 0 aliphatic carbocycles. The van der Waals surface area contributed by atoms with E-state index < -0.39 is 0 Å². The number of hydrogen-bond donors (Lipinski definition) is 1. The first-order valence-corrected chi connectivity index (χ1v) is 7.37. The van der Waals surface area contributed by atoms with Crippen LogP contribution in [0.4, 0.5) is 5.69 Å². The standard InChI is InChI=1S/C17H21N3O/c1-21-17-7-3-2-6-14(17)15-11-19-9-8-16(15)20-10-4-5-13(18)12-20/h2-3,6-9,11,13H,4-5,10,12,18H2,1H3/t13-/m0/s1. The second-order valence-corrected chi connectivity index (χ2v) is 5.44. The number of anilines is 1. The van der Waals surface area contributed by atoms with Crippen LogP contribution in [-0.2, 0) is 0 Å². The van der Waals surface area contributed by atoms with Gasteiger partial charge in [0.1, 0.15) is 5.75 Å². The van der Waals surface area contributed by atoms with E-state index in [1.54, 1.807) is 7.11 Å². The van der Waals surface area contributed by atoms with E-state index in [1.807, 2.05) is 30.6 Å². The first-order valence-electron chi connectivity index (χ1n) is 7.37. The minimum atomic E-state index is 0.248. The summed E-state index contributed by atoms with van der Waals surface area (Å²) in [7, 11) is 1.70. The number of benzene rings is 1. The Morgan fingerprint density at radius 1 is 1.24 bits per heavy atom. The monoisotopic (exact) mass is 283 g/mol. The van der Waals surface area contributed by atoms with Crippen molar-refractivity contribution in [1.82, 2.24) is 4.98 Å². The van der Waals surface area contributed by atoms with Crippen molar-refractivity contribution >= 4 is 5.69 Å². The van der Waals surface area contributed by atoms with E-state index in [4.69, 9.17) is 10.5 Å². The predicted molar refractivity (Wildman–Crippen MR) is 85.6 cm³/mol. The quantitative estimate of drug-likeness (QED) is 0.941. The number of methoxy groups -OCH3 is 1. The van der Waals surface area contributed by atoms with Crippen LogP contribution in [0.5, 0.6) is 5.75 Å². The van der Waals surface area contributed by atoms with E-state index in [0.29, 0.717) is 0 Å². The van der Waals surface area contributed by atoms with Gasteiger partial charge in [0, 0.05) is 48.3 Å². The molecule has 0 amide bonds. The van der Waals surface area contributed by atoms with Gasteiger partial charge in [-0.3, -0.25) is 4.98 Å². The third-order valence-electron chi connectivity index (χ3n) is 3.99. The molecular weight excluding hydrogens is 262 g/mol. The van der Waals surface area contributed by atoms with Gasteiger partial charge in [0.2, 0.25) is 0 Å². The maximum atomic E-state index is 6.13. The Hall–Kier alpha value is -2.07. The van der Waals surface area contributed by atoms with Crippen LogP contribution in [0.3, 0.4) is 0 Å². The molecule has 4 heteroatoms. The van der Waals surface area contributed by atoms with Gasteiger partial charge in [-0.2, -0.15) is 0 Å². The van der Waals surface area contributed by atoms with E-state index in [-0.39, 0.29) is 6.04 Å². The zero-order valence-electron chi connectivity index (χ0n) is 12.3. The lowest BCUT2D eigenvalue weighted by Gasteiger charge is -2.34. The minimum Gasteiger partial charge on any atom is -0.496 e. The molecule has 1 saturated heterocycles. The molecule has 1 aromatic carbocycles. The molecule has 2 N–H and O–H groups in total. The van der Waals surface area contributed by atoms with Crippen molar-refractivity contribution in [2.45, 2.75) is 18.9 Å². The number of hydrogen-bond acceptors (Lipinski definition) is 4. The van der Waals surface area contributed by atoms with Gasteiger partial charge >= 0.3 is 0 Å². The summed E-state index contributed by atoms with van der Waals surface area (Å²) in [5.74, 6) is 0.869. The summed E-state index contributed by atoms with van der Waals surface area (Å²) in [6.45, 7) is 1.94. The van der Waals surface area contributed by atoms with Crippen molar-refractivity contribution in [3.8, 4) is 16.9 Å². The fraction of sp³-hybridized carbons (Fsp3) is 0.353. The lowest BCUT2D eigenvalue weighted by Crippen LogP contribution is -2.43. The van der Waals surface area contributed by atoms with Crippen LogP contribution in [0.25, 0.3) is 11.1 Å². The van der Waals surface area contributed by atoms with Crippen LogP contribution in [0.1, 0.15) is 12.8 Å². The van der Waals surface area contributed by atoms with Gasteiger partial charge in [0.25, 0.3) is 0 Å². The summed E-state index contributed by atoms with van der Waals surface area (Å²) >= 11 is 0. The van der Waals surface area contributed by atoms with Gasteiger partial charge in [0.15, 0.2) is 0 Å². The van der Waals surface area contributed by atoms with Gasteiger partial charge in [-0.1, -0.05) is 18.2 Å². The largest absolute Gasteiger partial charge is 0.496 e. The molecule has 4 nitrogen and oxygen atoms in total. The fourth-order valence-corrected chi connectivity index (χ4v) is 2.97. The fourth-order valence-electron chi connectivity index (χ4n) is 2.97. The van der Waals surface area contributed by atoms with Gasteiger partial charge in [-0.25, -0.2) is 0 Å². The molecule has 0 unspecified atom stereocenters. The Morgan fingerprint density at radius 2 is 2.10 bits per heavy atom. The van der Waals surface area contributed by atoms with Crippen LogP contribution in [-0.4, -0.2) is 31.2 Å². The SMILES string of the molecule is COc1ccccc1-c1cnccc1N1CCC[C@H](N)C1. The smallest absolute Gasteiger partial charge is 0.126 e. The normalized spacial score (nSPS) is 18.6. The number of rotatable bonds is 3. The van der Waals surface area contributed by atoms with Gasteiger partial charge in [0.05, 0.1) is 7.11 Å². The van der Waals surface area contributed by atoms with Crippen molar-refractivity contribution in [2.75, 3.05) is 25.1 Å². The van der Waals surface area contributed by atoms with Crippen molar-refractivity contribution in [1.29, 1.82) is 0 Å². The number of nitrogens with two attached hydrogens (primary N) is 1. The maximum Gasteiger partial charge on any atom is 0.126 e. The number of para-hydroxylation sites is 1. The van der Waals surface area contributed by atoms with Crippen molar-refractivity contribution in [3.63, 3.8) is 0 Å². The van der Waals surface area contributed by atoms with Crippen LogP contribution in [0.2, 0.25) is 0 Å². The van der Waals surface area contributed by atoms with Crippen LogP contribution >= 0.6 is 0 Å². The second-order valence-electron chi connectivity index (χ2n) is 5.44. The van der Waals surface area contributed by atoms with Crippen molar-refractivity contribution in [3.05, 3.63) is 42.7 Å². The summed E-state index contributed by atoms with van der Waals surface area (Å²) in [5, 5.41) is 0. The van der Waals surface area contributed by atoms with E-state index in [2.05, 4.69) is 22.0 Å². The van der Waals surface area contributed by atoms with E-state index in [1.165, 1.54) is 5.69 Å². The molecule has 0 saturated carbocycles. The topological polar surface area (TPSA) is 51.4 Å². The molecule has 2 heterocycles. The highest BCUT2D eigenvalue weighted by atomic mass is 16.5. The number of ether oxygens (including phenoxy) is 1. The van der Waals surface area contributed by atoms with Crippen LogP contribution < -0.4 is 15.4 Å². The minimum absolute atomic E-state index is 0.248. The molecule has 0 spiro atoms. The van der Waals surface area contributed by atoms with Crippen LogP contribution in [0.15, 0.2) is 42.7 Å². The van der Waals surface area contributed by atoms with Gasteiger partial charge < -0.3 is 15.4 Å². The Morgan fingerprint density at radius 3 is 2.90 bits per heavy atom. The highest BCUT2D eigenvalue weighted by Crippen LogP contribution is 2.36. The average Bonchev–Trinajstić information content (AvgIpc) is 2.55. The molecule has 3 rings (SSSR count). The second kappa shape index (κ2) is 6.14. The summed E-state index contributed by atoms with van der Waals surface area (Å²) in [6.07, 6.45) is 5.99. The highest BCUT2D eigenvalue weighted by Gasteiger charge is 2.20. The predicted octanol–water partition coefficient (Wildman–Crippen LogP) is 2.68. The first kappa shape index (κ1) is 13.9. The van der Waals surface area contributed by atoms with Gasteiger partial charge in [-0.15, -0.1) is 0 Å². The Kier molecular flexibility index (Phi) is 4.06. The third-order valence-corrected chi connectivity index (χ3v) is 3.99. The summed E-state index contributed by atoms with van der Waals surface area (Å²) in [5.41, 5.74) is 9.48. The molecular formula is C17H21N3O. The zero-order chi connectivity index (χ0) is 14.7. The molecule has 2 aromatic rings. The number of nitrogens with zero attached hydrogens (tertiary/aromatic N) is 2. The third kappa shape index (κ3) is 2.85. The molecule has 1 atom stereocenters. The van der Waals surface area contributed by atoms with Crippen molar-refractivity contribution < 1.29 is 4.74 Å². The Balaban J connectivity index is 2.03. The number of piperidine rings is 1. The summed E-state index contributed by atoms with van der Waals surface area (Å²) in [4.78, 5) is 6.66. The van der Waals surface area contributed by atoms with Gasteiger partial charge in [-0.05, 0) is 25.0 Å². The molecule has 1 aromatic heterocycles. The molecule has 0 bridgehead atoms. The number of pyridine rings is 1.